The van der Waals surface area contributed by atoms with Crippen LogP contribution >= 0.6 is 23.4 Å². The number of hydrogen-bond donors (Lipinski definition) is 1. The largest absolute Gasteiger partial charge is 0.330 e. The van der Waals surface area contributed by atoms with E-state index in [4.69, 9.17) is 17.3 Å². The minimum absolute atomic E-state index is 0.0624. The minimum Gasteiger partial charge on any atom is -0.330 e. The molecular formula is C12H14ClNOS. The maximum atomic E-state index is 11.6. The van der Waals surface area contributed by atoms with Crippen molar-refractivity contribution in [2.75, 3.05) is 6.54 Å². The first-order chi connectivity index (χ1) is 7.70. The van der Waals surface area contributed by atoms with Crippen molar-refractivity contribution in [2.24, 2.45) is 5.73 Å². The quantitative estimate of drug-likeness (QED) is 0.822. The second-order valence-corrected chi connectivity index (χ2v) is 5.67. The van der Waals surface area contributed by atoms with Gasteiger partial charge in [-0.1, -0.05) is 17.7 Å². The van der Waals surface area contributed by atoms with Crippen molar-refractivity contribution in [3.8, 4) is 0 Å². The van der Waals surface area contributed by atoms with E-state index < -0.39 is 0 Å². The van der Waals surface area contributed by atoms with Crippen LogP contribution in [0.2, 0.25) is 5.02 Å². The van der Waals surface area contributed by atoms with Crippen molar-refractivity contribution in [2.45, 2.75) is 29.4 Å². The van der Waals surface area contributed by atoms with Gasteiger partial charge in [0.2, 0.25) is 0 Å². The zero-order chi connectivity index (χ0) is 11.5. The molecule has 1 aliphatic rings. The summed E-state index contributed by atoms with van der Waals surface area (Å²) in [6.07, 6.45) is 2.93. The molecule has 0 aliphatic heterocycles. The molecule has 1 fully saturated rings. The summed E-state index contributed by atoms with van der Waals surface area (Å²) >= 11 is 7.94. The maximum absolute atomic E-state index is 11.6. The Morgan fingerprint density at radius 3 is 2.81 bits per heavy atom. The fraction of sp³-hybridized carbons (Fsp3) is 0.417. The number of rotatable bonds is 5. The lowest BCUT2D eigenvalue weighted by Crippen LogP contribution is -2.08. The summed E-state index contributed by atoms with van der Waals surface area (Å²) in [7, 11) is 0. The first kappa shape index (κ1) is 12.0. The zero-order valence-electron chi connectivity index (χ0n) is 8.91. The lowest BCUT2D eigenvalue weighted by molar-refractivity contribution is 0.0985. The molecule has 1 aliphatic carbocycles. The highest BCUT2D eigenvalue weighted by molar-refractivity contribution is 8.00. The van der Waals surface area contributed by atoms with Crippen molar-refractivity contribution in [3.05, 3.63) is 28.8 Å². The third kappa shape index (κ3) is 3.00. The van der Waals surface area contributed by atoms with E-state index in [1.807, 2.05) is 12.1 Å². The molecular weight excluding hydrogens is 242 g/mol. The van der Waals surface area contributed by atoms with Crippen molar-refractivity contribution in [3.63, 3.8) is 0 Å². The standard InChI is InChI=1S/C12H14ClNOS/c13-10-7-8(11(15)5-6-14)1-4-12(10)16-9-2-3-9/h1,4,7,9H,2-3,5-6,14H2. The van der Waals surface area contributed by atoms with Crippen LogP contribution in [0.25, 0.3) is 0 Å². The SMILES string of the molecule is NCCC(=O)c1ccc(SC2CC2)c(Cl)c1. The predicted octanol–water partition coefficient (Wildman–Crippen LogP) is 3.13. The average molecular weight is 256 g/mol. The number of thioether (sulfide) groups is 1. The molecule has 0 atom stereocenters. The van der Waals surface area contributed by atoms with Gasteiger partial charge >= 0.3 is 0 Å². The maximum Gasteiger partial charge on any atom is 0.164 e. The lowest BCUT2D eigenvalue weighted by Gasteiger charge is -2.05. The summed E-state index contributed by atoms with van der Waals surface area (Å²) in [6.45, 7) is 0.384. The molecule has 2 N–H and O–H groups in total. The number of benzene rings is 1. The van der Waals surface area contributed by atoms with E-state index in [2.05, 4.69) is 0 Å². The normalized spacial score (nSPS) is 15.1. The molecule has 0 spiro atoms. The van der Waals surface area contributed by atoms with Crippen LogP contribution in [-0.4, -0.2) is 17.6 Å². The van der Waals surface area contributed by atoms with Crippen LogP contribution in [0.1, 0.15) is 29.6 Å². The van der Waals surface area contributed by atoms with Gasteiger partial charge in [-0.15, -0.1) is 11.8 Å². The summed E-state index contributed by atoms with van der Waals surface area (Å²) in [6, 6.07) is 5.54. The summed E-state index contributed by atoms with van der Waals surface area (Å²) in [5, 5.41) is 1.41. The third-order valence-corrected chi connectivity index (χ3v) is 4.28. The number of carbonyl (C=O) groups is 1. The van der Waals surface area contributed by atoms with E-state index in [0.29, 0.717) is 23.6 Å². The molecule has 2 nitrogen and oxygen atoms in total. The molecule has 4 heteroatoms. The molecule has 2 rings (SSSR count). The average Bonchev–Trinajstić information content (AvgIpc) is 3.05. The summed E-state index contributed by atoms with van der Waals surface area (Å²) in [5.41, 5.74) is 6.01. The number of ketones is 1. The lowest BCUT2D eigenvalue weighted by atomic mass is 10.1. The molecule has 1 saturated carbocycles. The first-order valence-corrected chi connectivity index (χ1v) is 6.66. The second-order valence-electron chi connectivity index (χ2n) is 3.92. The van der Waals surface area contributed by atoms with Crippen molar-refractivity contribution >= 4 is 29.1 Å². The Bertz CT molecular complexity index is 404. The summed E-state index contributed by atoms with van der Waals surface area (Å²) < 4.78 is 0. The van der Waals surface area contributed by atoms with Crippen molar-refractivity contribution in [1.29, 1.82) is 0 Å². The van der Waals surface area contributed by atoms with Gasteiger partial charge in [0.05, 0.1) is 5.02 Å². The Morgan fingerprint density at radius 2 is 2.25 bits per heavy atom. The highest BCUT2D eigenvalue weighted by Crippen LogP contribution is 2.41. The Morgan fingerprint density at radius 1 is 1.50 bits per heavy atom. The Kier molecular flexibility index (Phi) is 3.90. The molecule has 16 heavy (non-hydrogen) atoms. The molecule has 0 aromatic heterocycles. The fourth-order valence-electron chi connectivity index (χ4n) is 1.41. The number of halogens is 1. The smallest absolute Gasteiger partial charge is 0.164 e. The molecule has 1 aromatic rings. The summed E-state index contributed by atoms with van der Waals surface area (Å²) in [5.74, 6) is 0.0624. The monoisotopic (exact) mass is 255 g/mol. The van der Waals surface area contributed by atoms with Crippen LogP contribution in [0.5, 0.6) is 0 Å². The molecule has 0 amide bonds. The number of Topliss-reactive ketones (excluding diaryl/α,β-unsaturated/α-hetero) is 1. The molecule has 1 aromatic carbocycles. The highest BCUT2D eigenvalue weighted by atomic mass is 35.5. The molecule has 86 valence electrons. The fourth-order valence-corrected chi connectivity index (χ4v) is 2.77. The van der Waals surface area contributed by atoms with Gasteiger partial charge < -0.3 is 5.73 Å². The second kappa shape index (κ2) is 5.21. The van der Waals surface area contributed by atoms with Crippen LogP contribution in [-0.2, 0) is 0 Å². The molecule has 0 bridgehead atoms. The number of hydrogen-bond acceptors (Lipinski definition) is 3. The van der Waals surface area contributed by atoms with Gasteiger partial charge in [-0.25, -0.2) is 0 Å². The third-order valence-electron chi connectivity index (χ3n) is 2.44. The molecule has 0 unspecified atom stereocenters. The van der Waals surface area contributed by atoms with Crippen LogP contribution in [0.4, 0.5) is 0 Å². The van der Waals surface area contributed by atoms with E-state index in [9.17, 15) is 4.79 Å². The Labute approximate surface area is 105 Å². The minimum atomic E-state index is 0.0624. The van der Waals surface area contributed by atoms with Gasteiger partial charge in [0.15, 0.2) is 5.78 Å². The molecule has 0 saturated heterocycles. The van der Waals surface area contributed by atoms with Crippen molar-refractivity contribution < 1.29 is 4.79 Å². The number of carbonyl (C=O) groups excluding carboxylic acids is 1. The van der Waals surface area contributed by atoms with Crippen LogP contribution in [0.3, 0.4) is 0 Å². The van der Waals surface area contributed by atoms with E-state index in [0.717, 1.165) is 10.1 Å². The van der Waals surface area contributed by atoms with Crippen LogP contribution in [0, 0.1) is 0 Å². The number of nitrogens with two attached hydrogens (primary N) is 1. The van der Waals surface area contributed by atoms with Gasteiger partial charge in [0, 0.05) is 22.1 Å². The first-order valence-electron chi connectivity index (χ1n) is 5.40. The molecule has 0 radical (unpaired) electrons. The molecule has 0 heterocycles. The van der Waals surface area contributed by atoms with E-state index in [1.54, 1.807) is 17.8 Å². The van der Waals surface area contributed by atoms with Crippen LogP contribution in [0.15, 0.2) is 23.1 Å². The Hall–Kier alpha value is -0.510. The van der Waals surface area contributed by atoms with E-state index >= 15 is 0 Å². The van der Waals surface area contributed by atoms with E-state index in [-0.39, 0.29) is 5.78 Å². The topological polar surface area (TPSA) is 43.1 Å². The zero-order valence-corrected chi connectivity index (χ0v) is 10.5. The highest BCUT2D eigenvalue weighted by Gasteiger charge is 2.23. The van der Waals surface area contributed by atoms with Gasteiger partial charge in [-0.3, -0.25) is 4.79 Å². The van der Waals surface area contributed by atoms with Gasteiger partial charge in [-0.2, -0.15) is 0 Å². The van der Waals surface area contributed by atoms with Gasteiger partial charge in [-0.05, 0) is 31.5 Å². The Balaban J connectivity index is 2.11. The van der Waals surface area contributed by atoms with Crippen molar-refractivity contribution in [1.82, 2.24) is 0 Å². The predicted molar refractivity (Wildman–Crippen MR) is 68.3 cm³/mol. The van der Waals surface area contributed by atoms with Gasteiger partial charge in [0.1, 0.15) is 0 Å². The van der Waals surface area contributed by atoms with E-state index in [1.165, 1.54) is 12.8 Å². The summed E-state index contributed by atoms with van der Waals surface area (Å²) in [4.78, 5) is 12.7. The van der Waals surface area contributed by atoms with Crippen LogP contribution < -0.4 is 5.73 Å². The van der Waals surface area contributed by atoms with Gasteiger partial charge in [0.25, 0.3) is 0 Å².